The van der Waals surface area contributed by atoms with Crippen LogP contribution in [0.5, 0.6) is 11.6 Å². The van der Waals surface area contributed by atoms with Crippen LogP contribution in [0.2, 0.25) is 5.02 Å². The highest BCUT2D eigenvalue weighted by Gasteiger charge is 2.05. The van der Waals surface area contributed by atoms with Crippen LogP contribution in [0.15, 0.2) is 41.5 Å². The number of methoxy groups -OCH3 is 1. The second-order valence-electron chi connectivity index (χ2n) is 5.35. The lowest BCUT2D eigenvalue weighted by molar-refractivity contribution is 0.294. The number of unbranched alkanes of at least 4 members (excludes halogenated alkanes) is 1. The van der Waals surface area contributed by atoms with Crippen molar-refractivity contribution in [1.82, 2.24) is 4.98 Å². The Morgan fingerprint density at radius 3 is 2.92 bits per heavy atom. The molecular formula is C18H23ClN4O2. The first-order chi connectivity index (χ1) is 12.1. The van der Waals surface area contributed by atoms with Gasteiger partial charge in [0.25, 0.3) is 0 Å². The summed E-state index contributed by atoms with van der Waals surface area (Å²) in [4.78, 5) is 8.60. The van der Waals surface area contributed by atoms with E-state index in [0.29, 0.717) is 29.8 Å². The van der Waals surface area contributed by atoms with Crippen LogP contribution in [-0.2, 0) is 6.54 Å². The largest absolute Gasteiger partial charge is 0.495 e. The predicted molar refractivity (Wildman–Crippen MR) is 102 cm³/mol. The molecule has 0 radical (unpaired) electrons. The molecule has 6 nitrogen and oxygen atoms in total. The predicted octanol–water partition coefficient (Wildman–Crippen LogP) is 3.85. The third-order valence-corrected chi connectivity index (χ3v) is 3.73. The highest BCUT2D eigenvalue weighted by Crippen LogP contribution is 2.27. The molecule has 0 saturated carbocycles. The van der Waals surface area contributed by atoms with Crippen LogP contribution in [0.4, 0.5) is 5.69 Å². The van der Waals surface area contributed by atoms with Crippen LogP contribution in [0.3, 0.4) is 0 Å². The van der Waals surface area contributed by atoms with Crippen molar-refractivity contribution in [1.29, 1.82) is 0 Å². The van der Waals surface area contributed by atoms with Gasteiger partial charge >= 0.3 is 0 Å². The average molecular weight is 363 g/mol. The molecule has 2 aromatic rings. The molecule has 25 heavy (non-hydrogen) atoms. The molecule has 0 aliphatic heterocycles. The molecule has 0 saturated heterocycles. The molecule has 1 heterocycles. The number of aliphatic imine (C=N–C) groups is 1. The number of nitrogens with two attached hydrogens (primary N) is 1. The van der Waals surface area contributed by atoms with Crippen molar-refractivity contribution in [2.75, 3.05) is 19.0 Å². The summed E-state index contributed by atoms with van der Waals surface area (Å²) in [6.07, 6.45) is 3.76. The molecule has 1 aromatic heterocycles. The van der Waals surface area contributed by atoms with Gasteiger partial charge < -0.3 is 20.5 Å². The van der Waals surface area contributed by atoms with Crippen molar-refractivity contribution in [3.05, 3.63) is 47.1 Å². The van der Waals surface area contributed by atoms with E-state index < -0.39 is 0 Å². The number of halogens is 1. The lowest BCUT2D eigenvalue weighted by Crippen LogP contribution is -2.22. The van der Waals surface area contributed by atoms with Crippen LogP contribution >= 0.6 is 11.6 Å². The Morgan fingerprint density at radius 1 is 1.36 bits per heavy atom. The molecule has 0 atom stereocenters. The Hall–Kier alpha value is -2.47. The molecule has 0 spiro atoms. The van der Waals surface area contributed by atoms with Gasteiger partial charge in [0.05, 0.1) is 25.3 Å². The van der Waals surface area contributed by atoms with E-state index in [4.69, 9.17) is 26.8 Å². The van der Waals surface area contributed by atoms with E-state index in [0.717, 1.165) is 24.1 Å². The van der Waals surface area contributed by atoms with Crippen LogP contribution < -0.4 is 20.5 Å². The topological polar surface area (TPSA) is 81.8 Å². The number of guanidine groups is 1. The van der Waals surface area contributed by atoms with Crippen LogP contribution in [-0.4, -0.2) is 24.7 Å². The van der Waals surface area contributed by atoms with Gasteiger partial charge in [0.2, 0.25) is 5.88 Å². The maximum absolute atomic E-state index is 6.10. The molecule has 0 aliphatic carbocycles. The summed E-state index contributed by atoms with van der Waals surface area (Å²) in [5.74, 6) is 1.48. The number of anilines is 1. The number of hydrogen-bond acceptors (Lipinski definition) is 4. The van der Waals surface area contributed by atoms with E-state index in [1.165, 1.54) is 0 Å². The summed E-state index contributed by atoms with van der Waals surface area (Å²) in [7, 11) is 1.57. The van der Waals surface area contributed by atoms with Crippen LogP contribution in [0.1, 0.15) is 25.3 Å². The minimum absolute atomic E-state index is 0.282. The van der Waals surface area contributed by atoms with Crippen LogP contribution in [0, 0.1) is 0 Å². The fourth-order valence-corrected chi connectivity index (χ4v) is 2.35. The normalized spacial score (nSPS) is 11.2. The number of hydrogen-bond donors (Lipinski definition) is 2. The number of aromatic nitrogens is 1. The molecular weight excluding hydrogens is 340 g/mol. The van der Waals surface area contributed by atoms with Gasteiger partial charge in [-0.3, -0.25) is 0 Å². The van der Waals surface area contributed by atoms with Crippen molar-refractivity contribution in [3.63, 3.8) is 0 Å². The SMILES string of the molecule is CCCCOc1ncccc1CN=C(N)Nc1ccc(OC)c(Cl)c1. The minimum atomic E-state index is 0.282. The van der Waals surface area contributed by atoms with E-state index in [9.17, 15) is 0 Å². The number of pyridine rings is 1. The van der Waals surface area contributed by atoms with Crippen molar-refractivity contribution in [2.45, 2.75) is 26.3 Å². The first-order valence-corrected chi connectivity index (χ1v) is 8.49. The number of ether oxygens (including phenoxy) is 2. The van der Waals surface area contributed by atoms with Gasteiger partial charge in [-0.25, -0.2) is 9.98 Å². The Kier molecular flexibility index (Phi) is 7.35. The van der Waals surface area contributed by atoms with Crippen LogP contribution in [0.25, 0.3) is 0 Å². The zero-order valence-corrected chi connectivity index (χ0v) is 15.2. The van der Waals surface area contributed by atoms with E-state index in [1.807, 2.05) is 18.2 Å². The third-order valence-electron chi connectivity index (χ3n) is 3.43. The second-order valence-corrected chi connectivity index (χ2v) is 5.75. The van der Waals surface area contributed by atoms with Gasteiger partial charge in [0, 0.05) is 17.4 Å². The van der Waals surface area contributed by atoms with Gasteiger partial charge in [-0.15, -0.1) is 0 Å². The molecule has 134 valence electrons. The van der Waals surface area contributed by atoms with E-state index in [1.54, 1.807) is 25.4 Å². The number of benzene rings is 1. The fraction of sp³-hybridized carbons (Fsp3) is 0.333. The maximum Gasteiger partial charge on any atom is 0.218 e. The van der Waals surface area contributed by atoms with Gasteiger partial charge in [0.1, 0.15) is 5.75 Å². The molecule has 2 rings (SSSR count). The van der Waals surface area contributed by atoms with E-state index in [-0.39, 0.29) is 5.96 Å². The summed E-state index contributed by atoms with van der Waals surface area (Å²) in [5.41, 5.74) is 7.57. The lowest BCUT2D eigenvalue weighted by Gasteiger charge is -2.10. The monoisotopic (exact) mass is 362 g/mol. The van der Waals surface area contributed by atoms with Gasteiger partial charge in [-0.05, 0) is 30.7 Å². The lowest BCUT2D eigenvalue weighted by atomic mass is 10.2. The zero-order chi connectivity index (χ0) is 18.1. The van der Waals surface area contributed by atoms with Crippen molar-refractivity contribution in [2.24, 2.45) is 10.7 Å². The smallest absolute Gasteiger partial charge is 0.218 e. The van der Waals surface area contributed by atoms with Crippen molar-refractivity contribution in [3.8, 4) is 11.6 Å². The molecule has 0 bridgehead atoms. The minimum Gasteiger partial charge on any atom is -0.495 e. The summed E-state index contributed by atoms with van der Waals surface area (Å²) < 4.78 is 10.8. The summed E-state index contributed by atoms with van der Waals surface area (Å²) in [5, 5.41) is 3.50. The Bertz CT molecular complexity index is 722. The second kappa shape index (κ2) is 9.74. The molecule has 0 aliphatic rings. The zero-order valence-electron chi connectivity index (χ0n) is 14.5. The quantitative estimate of drug-likeness (QED) is 0.423. The average Bonchev–Trinajstić information content (AvgIpc) is 2.61. The number of nitrogens with one attached hydrogen (secondary N) is 1. The first-order valence-electron chi connectivity index (χ1n) is 8.11. The maximum atomic E-state index is 6.10. The molecule has 0 fully saturated rings. The first kappa shape index (κ1) is 18.9. The van der Waals surface area contributed by atoms with E-state index >= 15 is 0 Å². The summed E-state index contributed by atoms with van der Waals surface area (Å²) >= 11 is 6.10. The standard InChI is InChI=1S/C18H23ClN4O2/c1-3-4-10-25-17-13(6-5-9-21-17)12-22-18(20)23-14-7-8-16(24-2)15(19)11-14/h5-9,11H,3-4,10,12H2,1-2H3,(H3,20,22,23). The Balaban J connectivity index is 2.00. The Morgan fingerprint density at radius 2 is 2.20 bits per heavy atom. The third kappa shape index (κ3) is 5.83. The number of nitrogens with zero attached hydrogens (tertiary/aromatic N) is 2. The number of rotatable bonds is 8. The molecule has 3 N–H and O–H groups in total. The summed E-state index contributed by atoms with van der Waals surface area (Å²) in [6, 6.07) is 9.08. The van der Waals surface area contributed by atoms with Gasteiger partial charge in [-0.2, -0.15) is 0 Å². The highest BCUT2D eigenvalue weighted by atomic mass is 35.5. The molecule has 0 unspecified atom stereocenters. The fourth-order valence-electron chi connectivity index (χ4n) is 2.09. The van der Waals surface area contributed by atoms with Crippen molar-refractivity contribution < 1.29 is 9.47 Å². The molecule has 1 aromatic carbocycles. The molecule has 7 heteroatoms. The Labute approximate surface area is 153 Å². The van der Waals surface area contributed by atoms with E-state index in [2.05, 4.69) is 22.2 Å². The highest BCUT2D eigenvalue weighted by molar-refractivity contribution is 6.32. The molecule has 0 amide bonds. The van der Waals surface area contributed by atoms with Gasteiger partial charge in [0.15, 0.2) is 5.96 Å². The van der Waals surface area contributed by atoms with Crippen molar-refractivity contribution >= 4 is 23.2 Å². The summed E-state index contributed by atoms with van der Waals surface area (Å²) in [6.45, 7) is 3.13. The van der Waals surface area contributed by atoms with Gasteiger partial charge in [-0.1, -0.05) is 31.0 Å².